The van der Waals surface area contributed by atoms with Crippen molar-refractivity contribution in [1.82, 2.24) is 9.97 Å². The van der Waals surface area contributed by atoms with Gasteiger partial charge in [-0.05, 0) is 26.2 Å². The summed E-state index contributed by atoms with van der Waals surface area (Å²) in [5, 5.41) is 12.6. The third kappa shape index (κ3) is 3.43. The van der Waals surface area contributed by atoms with Gasteiger partial charge >= 0.3 is 5.97 Å². The van der Waals surface area contributed by atoms with E-state index in [2.05, 4.69) is 15.3 Å². The van der Waals surface area contributed by atoms with Gasteiger partial charge in [-0.25, -0.2) is 9.97 Å². The zero-order valence-electron chi connectivity index (χ0n) is 11.5. The highest BCUT2D eigenvalue weighted by molar-refractivity contribution is 5.71. The first-order valence-electron chi connectivity index (χ1n) is 6.94. The maximum Gasteiger partial charge on any atom is 0.308 e. The Labute approximate surface area is 113 Å². The Hall–Kier alpha value is -1.65. The summed E-state index contributed by atoms with van der Waals surface area (Å²) in [6.07, 6.45) is 4.56. The van der Waals surface area contributed by atoms with Gasteiger partial charge in [0.1, 0.15) is 11.6 Å². The highest BCUT2D eigenvalue weighted by atomic mass is 16.4. The van der Waals surface area contributed by atoms with Crippen molar-refractivity contribution in [2.75, 3.05) is 5.32 Å². The normalized spacial score (nSPS) is 23.1. The molecule has 0 spiro atoms. The molecule has 1 fully saturated rings. The predicted octanol–water partition coefficient (Wildman–Crippen LogP) is 2.40. The van der Waals surface area contributed by atoms with Crippen LogP contribution in [0.3, 0.4) is 0 Å². The van der Waals surface area contributed by atoms with Crippen molar-refractivity contribution in [3.63, 3.8) is 0 Å². The van der Waals surface area contributed by atoms with E-state index < -0.39 is 5.97 Å². The Morgan fingerprint density at radius 3 is 2.84 bits per heavy atom. The molecule has 2 atom stereocenters. The Morgan fingerprint density at radius 2 is 2.16 bits per heavy atom. The largest absolute Gasteiger partial charge is 0.481 e. The number of carbonyl (C=O) groups is 1. The summed E-state index contributed by atoms with van der Waals surface area (Å²) in [7, 11) is 0. The van der Waals surface area contributed by atoms with Crippen LogP contribution in [0.5, 0.6) is 0 Å². The fraction of sp³-hybridized carbons (Fsp3) is 0.643. The summed E-state index contributed by atoms with van der Waals surface area (Å²) in [6.45, 7) is 3.91. The Balaban J connectivity index is 2.14. The first-order chi connectivity index (χ1) is 9.10. The molecule has 0 radical (unpaired) electrons. The van der Waals surface area contributed by atoms with Crippen molar-refractivity contribution in [3.8, 4) is 0 Å². The fourth-order valence-corrected chi connectivity index (χ4v) is 2.67. The molecular formula is C14H21N3O2. The number of aromatic nitrogens is 2. The number of aliphatic carboxylic acids is 1. The van der Waals surface area contributed by atoms with Crippen LogP contribution in [-0.2, 0) is 11.2 Å². The lowest BCUT2D eigenvalue weighted by molar-refractivity contribution is -0.143. The van der Waals surface area contributed by atoms with E-state index in [1.165, 1.54) is 0 Å². The van der Waals surface area contributed by atoms with Crippen LogP contribution in [0.1, 0.15) is 44.1 Å². The van der Waals surface area contributed by atoms with Crippen molar-refractivity contribution in [2.45, 2.75) is 52.0 Å². The molecule has 1 aromatic heterocycles. The molecule has 19 heavy (non-hydrogen) atoms. The third-order valence-electron chi connectivity index (χ3n) is 3.67. The number of rotatable bonds is 4. The molecule has 0 amide bonds. The molecule has 5 heteroatoms. The SMILES string of the molecule is CCc1cc(NC2CCCCC2C(=O)O)nc(C)n1. The zero-order chi connectivity index (χ0) is 13.8. The molecule has 1 aromatic rings. The summed E-state index contributed by atoms with van der Waals surface area (Å²) >= 11 is 0. The first kappa shape index (κ1) is 13.8. The molecule has 0 bridgehead atoms. The van der Waals surface area contributed by atoms with Crippen LogP contribution in [0, 0.1) is 12.8 Å². The molecule has 0 saturated heterocycles. The monoisotopic (exact) mass is 263 g/mol. The minimum Gasteiger partial charge on any atom is -0.481 e. The molecule has 1 aliphatic rings. The molecular weight excluding hydrogens is 242 g/mol. The van der Waals surface area contributed by atoms with Gasteiger partial charge in [0, 0.05) is 17.8 Å². The smallest absolute Gasteiger partial charge is 0.308 e. The van der Waals surface area contributed by atoms with Crippen LogP contribution in [0.25, 0.3) is 0 Å². The van der Waals surface area contributed by atoms with E-state index in [1.807, 2.05) is 19.9 Å². The van der Waals surface area contributed by atoms with Crippen LogP contribution in [0.2, 0.25) is 0 Å². The van der Waals surface area contributed by atoms with Gasteiger partial charge < -0.3 is 10.4 Å². The molecule has 104 valence electrons. The number of hydrogen-bond acceptors (Lipinski definition) is 4. The maximum absolute atomic E-state index is 11.3. The second kappa shape index (κ2) is 5.99. The molecule has 1 saturated carbocycles. The number of carboxylic acids is 1. The van der Waals surface area contributed by atoms with E-state index in [9.17, 15) is 9.90 Å². The number of nitrogens with one attached hydrogen (secondary N) is 1. The third-order valence-corrected chi connectivity index (χ3v) is 3.67. The van der Waals surface area contributed by atoms with E-state index in [4.69, 9.17) is 0 Å². The minimum atomic E-state index is -0.710. The van der Waals surface area contributed by atoms with Gasteiger partial charge in [-0.2, -0.15) is 0 Å². The second-order valence-electron chi connectivity index (χ2n) is 5.13. The standard InChI is InChI=1S/C14H21N3O2/c1-3-10-8-13(16-9(2)15-10)17-12-7-5-4-6-11(12)14(18)19/h8,11-12H,3-7H2,1-2H3,(H,18,19)(H,15,16,17). The van der Waals surface area contributed by atoms with Gasteiger partial charge in [0.25, 0.3) is 0 Å². The van der Waals surface area contributed by atoms with Crippen LogP contribution in [-0.4, -0.2) is 27.1 Å². The van der Waals surface area contributed by atoms with Crippen molar-refractivity contribution < 1.29 is 9.90 Å². The first-order valence-corrected chi connectivity index (χ1v) is 6.94. The molecule has 2 rings (SSSR count). The van der Waals surface area contributed by atoms with Crippen molar-refractivity contribution >= 4 is 11.8 Å². The Bertz CT molecular complexity index is 462. The summed E-state index contributed by atoms with van der Waals surface area (Å²) in [4.78, 5) is 20.0. The lowest BCUT2D eigenvalue weighted by Crippen LogP contribution is -2.37. The number of aryl methyl sites for hydroxylation is 2. The van der Waals surface area contributed by atoms with E-state index in [0.29, 0.717) is 0 Å². The van der Waals surface area contributed by atoms with Gasteiger partial charge in [0.15, 0.2) is 0 Å². The molecule has 2 N–H and O–H groups in total. The molecule has 1 aliphatic carbocycles. The Morgan fingerprint density at radius 1 is 1.42 bits per heavy atom. The fourth-order valence-electron chi connectivity index (χ4n) is 2.67. The van der Waals surface area contributed by atoms with E-state index in [-0.39, 0.29) is 12.0 Å². The van der Waals surface area contributed by atoms with Crippen LogP contribution >= 0.6 is 0 Å². The Kier molecular flexibility index (Phi) is 4.35. The summed E-state index contributed by atoms with van der Waals surface area (Å²) in [5.74, 6) is 0.458. The molecule has 1 heterocycles. The molecule has 5 nitrogen and oxygen atoms in total. The molecule has 2 unspecified atom stereocenters. The number of nitrogens with zero attached hydrogens (tertiary/aromatic N) is 2. The molecule has 0 aliphatic heterocycles. The topological polar surface area (TPSA) is 75.1 Å². The quantitative estimate of drug-likeness (QED) is 0.872. The van der Waals surface area contributed by atoms with Gasteiger partial charge in [-0.1, -0.05) is 19.8 Å². The summed E-state index contributed by atoms with van der Waals surface area (Å²) in [6, 6.07) is 1.89. The van der Waals surface area contributed by atoms with Crippen LogP contribution in [0.4, 0.5) is 5.82 Å². The van der Waals surface area contributed by atoms with E-state index in [0.717, 1.165) is 49.4 Å². The minimum absolute atomic E-state index is 0.0229. The van der Waals surface area contributed by atoms with Gasteiger partial charge in [0.2, 0.25) is 0 Å². The highest BCUT2D eigenvalue weighted by Crippen LogP contribution is 2.27. The van der Waals surface area contributed by atoms with Gasteiger partial charge in [0.05, 0.1) is 5.92 Å². The number of anilines is 1. The van der Waals surface area contributed by atoms with Crippen molar-refractivity contribution in [1.29, 1.82) is 0 Å². The average Bonchev–Trinajstić information content (AvgIpc) is 2.38. The lowest BCUT2D eigenvalue weighted by atomic mass is 9.84. The second-order valence-corrected chi connectivity index (χ2v) is 5.13. The summed E-state index contributed by atoms with van der Waals surface area (Å²) < 4.78 is 0. The lowest BCUT2D eigenvalue weighted by Gasteiger charge is -2.29. The highest BCUT2D eigenvalue weighted by Gasteiger charge is 2.30. The predicted molar refractivity (Wildman–Crippen MR) is 73.2 cm³/mol. The molecule has 0 aromatic carbocycles. The zero-order valence-corrected chi connectivity index (χ0v) is 11.5. The average molecular weight is 263 g/mol. The number of carboxylic acid groups (broad SMARTS) is 1. The van der Waals surface area contributed by atoms with Crippen molar-refractivity contribution in [2.24, 2.45) is 5.92 Å². The summed E-state index contributed by atoms with van der Waals surface area (Å²) in [5.41, 5.74) is 0.984. The van der Waals surface area contributed by atoms with E-state index in [1.54, 1.807) is 0 Å². The van der Waals surface area contributed by atoms with Crippen LogP contribution < -0.4 is 5.32 Å². The number of hydrogen-bond donors (Lipinski definition) is 2. The van der Waals surface area contributed by atoms with E-state index >= 15 is 0 Å². The van der Waals surface area contributed by atoms with Gasteiger partial charge in [-0.15, -0.1) is 0 Å². The van der Waals surface area contributed by atoms with Crippen LogP contribution in [0.15, 0.2) is 6.07 Å². The van der Waals surface area contributed by atoms with Gasteiger partial charge in [-0.3, -0.25) is 4.79 Å². The van der Waals surface area contributed by atoms with Crippen molar-refractivity contribution in [3.05, 3.63) is 17.6 Å². The maximum atomic E-state index is 11.3.